The molecule has 1 fully saturated rings. The fourth-order valence-electron chi connectivity index (χ4n) is 3.53. The molecule has 0 radical (unpaired) electrons. The van der Waals surface area contributed by atoms with E-state index in [1.165, 1.54) is 12.0 Å². The Bertz CT molecular complexity index is 786. The van der Waals surface area contributed by atoms with E-state index in [1.54, 1.807) is 23.9 Å². The van der Waals surface area contributed by atoms with Crippen LogP contribution < -0.4 is 0 Å². The highest BCUT2D eigenvalue weighted by molar-refractivity contribution is 7.98. The molecule has 0 saturated carbocycles. The average Bonchev–Trinajstić information content (AvgIpc) is 2.73. The molecule has 1 heterocycles. The van der Waals surface area contributed by atoms with E-state index >= 15 is 0 Å². The molecule has 5 heteroatoms. The van der Waals surface area contributed by atoms with E-state index in [9.17, 15) is 9.59 Å². The van der Waals surface area contributed by atoms with Crippen molar-refractivity contribution in [3.63, 3.8) is 0 Å². The van der Waals surface area contributed by atoms with Crippen LogP contribution in [-0.4, -0.2) is 43.1 Å². The Balaban J connectivity index is 1.61. The lowest BCUT2D eigenvalue weighted by Crippen LogP contribution is -2.38. The molecule has 4 nitrogen and oxygen atoms in total. The number of methoxy groups -OCH3 is 1. The zero-order valence-electron chi connectivity index (χ0n) is 15.8. The molecule has 1 saturated heterocycles. The van der Waals surface area contributed by atoms with Crippen LogP contribution in [0, 0.1) is 5.92 Å². The van der Waals surface area contributed by atoms with Crippen molar-refractivity contribution in [1.29, 1.82) is 0 Å². The van der Waals surface area contributed by atoms with Crippen molar-refractivity contribution >= 4 is 23.5 Å². The zero-order chi connectivity index (χ0) is 19.2. The summed E-state index contributed by atoms with van der Waals surface area (Å²) >= 11 is 1.68. The van der Waals surface area contributed by atoms with Crippen LogP contribution in [0.25, 0.3) is 0 Å². The van der Waals surface area contributed by atoms with Gasteiger partial charge in [-0.05, 0) is 55.5 Å². The summed E-state index contributed by atoms with van der Waals surface area (Å²) < 4.78 is 4.73. The Morgan fingerprint density at radius 3 is 2.37 bits per heavy atom. The average molecular weight is 384 g/mol. The van der Waals surface area contributed by atoms with E-state index in [2.05, 4.69) is 4.90 Å². The maximum atomic E-state index is 12.9. The number of carbonyl (C=O) groups is 2. The fraction of sp³-hybridized carbons (Fsp3) is 0.364. The second kappa shape index (κ2) is 9.20. The van der Waals surface area contributed by atoms with Crippen LogP contribution in [-0.2, 0) is 11.3 Å². The van der Waals surface area contributed by atoms with Crippen LogP contribution in [0.1, 0.15) is 39.1 Å². The van der Waals surface area contributed by atoms with Crippen LogP contribution in [0.3, 0.4) is 0 Å². The molecule has 3 rings (SSSR count). The van der Waals surface area contributed by atoms with Gasteiger partial charge in [-0.15, -0.1) is 11.8 Å². The first-order valence-corrected chi connectivity index (χ1v) is 10.4. The number of hydrogen-bond acceptors (Lipinski definition) is 5. The number of Topliss-reactive ketones (excluding diaryl/α,β-unsaturated/α-hetero) is 1. The molecule has 0 N–H and O–H groups in total. The summed E-state index contributed by atoms with van der Waals surface area (Å²) in [5.74, 6) is -0.0284. The van der Waals surface area contributed by atoms with Gasteiger partial charge in [0.25, 0.3) is 0 Å². The van der Waals surface area contributed by atoms with Gasteiger partial charge < -0.3 is 4.74 Å². The van der Waals surface area contributed by atoms with Gasteiger partial charge in [-0.25, -0.2) is 4.79 Å². The number of benzene rings is 2. The molecular weight excluding hydrogens is 358 g/mol. The molecule has 0 bridgehead atoms. The maximum Gasteiger partial charge on any atom is 0.337 e. The summed E-state index contributed by atoms with van der Waals surface area (Å²) in [6, 6.07) is 15.4. The van der Waals surface area contributed by atoms with Crippen molar-refractivity contribution in [3.8, 4) is 0 Å². The molecule has 0 aromatic heterocycles. The lowest BCUT2D eigenvalue weighted by molar-refractivity contribution is 0.0600. The Hall–Kier alpha value is -2.11. The Kier molecular flexibility index (Phi) is 6.69. The van der Waals surface area contributed by atoms with E-state index in [0.29, 0.717) is 5.56 Å². The summed E-state index contributed by atoms with van der Waals surface area (Å²) in [5, 5.41) is 0. The number of nitrogens with zero attached hydrogens (tertiary/aromatic N) is 1. The number of likely N-dealkylation sites (tertiary alicyclic amines) is 1. The van der Waals surface area contributed by atoms with Crippen molar-refractivity contribution in [2.45, 2.75) is 24.3 Å². The van der Waals surface area contributed by atoms with E-state index in [-0.39, 0.29) is 17.7 Å². The van der Waals surface area contributed by atoms with Gasteiger partial charge in [0.05, 0.1) is 12.7 Å². The van der Waals surface area contributed by atoms with Crippen LogP contribution >= 0.6 is 11.8 Å². The quantitative estimate of drug-likeness (QED) is 0.423. The van der Waals surface area contributed by atoms with Gasteiger partial charge in [-0.1, -0.05) is 24.3 Å². The second-order valence-electron chi connectivity index (χ2n) is 6.86. The Labute approximate surface area is 164 Å². The standard InChI is InChI=1S/C22H25NO3S/c1-26-22(25)18-7-5-16(6-8-18)14-23-13-3-4-19(15-23)21(24)17-9-11-20(27-2)12-10-17/h5-12,19H,3-4,13-15H2,1-2H3. The Morgan fingerprint density at radius 1 is 1.07 bits per heavy atom. The van der Waals surface area contributed by atoms with Gasteiger partial charge in [0.1, 0.15) is 0 Å². The summed E-state index contributed by atoms with van der Waals surface area (Å²) in [5.41, 5.74) is 2.50. The van der Waals surface area contributed by atoms with E-state index in [0.717, 1.165) is 43.6 Å². The molecule has 2 aromatic carbocycles. The van der Waals surface area contributed by atoms with E-state index in [4.69, 9.17) is 4.74 Å². The number of ketones is 1. The van der Waals surface area contributed by atoms with Crippen molar-refractivity contribution in [2.24, 2.45) is 5.92 Å². The van der Waals surface area contributed by atoms with Crippen molar-refractivity contribution in [3.05, 3.63) is 65.2 Å². The third kappa shape index (κ3) is 4.99. The molecule has 2 aromatic rings. The predicted molar refractivity (Wildman–Crippen MR) is 108 cm³/mol. The zero-order valence-corrected chi connectivity index (χ0v) is 16.6. The van der Waals surface area contributed by atoms with E-state index in [1.807, 2.05) is 42.7 Å². The number of thioether (sulfide) groups is 1. The molecule has 0 spiro atoms. The van der Waals surface area contributed by atoms with Crippen molar-refractivity contribution in [2.75, 3.05) is 26.5 Å². The third-order valence-electron chi connectivity index (χ3n) is 5.03. The smallest absolute Gasteiger partial charge is 0.337 e. The summed E-state index contributed by atoms with van der Waals surface area (Å²) in [6.07, 6.45) is 4.01. The normalized spacial score (nSPS) is 17.5. The summed E-state index contributed by atoms with van der Waals surface area (Å²) in [7, 11) is 1.38. The largest absolute Gasteiger partial charge is 0.465 e. The predicted octanol–water partition coefficient (Wildman–Crippen LogP) is 4.29. The molecule has 1 atom stereocenters. The highest BCUT2D eigenvalue weighted by Crippen LogP contribution is 2.24. The first kappa shape index (κ1) is 19.6. The van der Waals surface area contributed by atoms with Gasteiger partial charge in [0.2, 0.25) is 0 Å². The number of piperidine rings is 1. The number of ether oxygens (including phenoxy) is 1. The summed E-state index contributed by atoms with van der Waals surface area (Å²) in [6.45, 7) is 2.56. The Morgan fingerprint density at radius 2 is 1.74 bits per heavy atom. The van der Waals surface area contributed by atoms with Gasteiger partial charge in [0.15, 0.2) is 5.78 Å². The van der Waals surface area contributed by atoms with Crippen LogP contribution in [0.15, 0.2) is 53.4 Å². The highest BCUT2D eigenvalue weighted by Gasteiger charge is 2.26. The molecule has 1 unspecified atom stereocenters. The van der Waals surface area contributed by atoms with Gasteiger partial charge >= 0.3 is 5.97 Å². The number of carbonyl (C=O) groups excluding carboxylic acids is 2. The highest BCUT2D eigenvalue weighted by atomic mass is 32.2. The minimum absolute atomic E-state index is 0.0493. The number of esters is 1. The minimum Gasteiger partial charge on any atom is -0.465 e. The van der Waals surface area contributed by atoms with Crippen LogP contribution in [0.5, 0.6) is 0 Å². The van der Waals surface area contributed by atoms with Gasteiger partial charge in [0, 0.05) is 29.5 Å². The first-order valence-electron chi connectivity index (χ1n) is 9.18. The van der Waals surface area contributed by atoms with Crippen LogP contribution in [0.2, 0.25) is 0 Å². The second-order valence-corrected chi connectivity index (χ2v) is 7.74. The SMILES string of the molecule is COC(=O)c1ccc(CN2CCCC(C(=O)c3ccc(SC)cc3)C2)cc1. The van der Waals surface area contributed by atoms with Crippen molar-refractivity contribution < 1.29 is 14.3 Å². The summed E-state index contributed by atoms with van der Waals surface area (Å²) in [4.78, 5) is 27.9. The fourth-order valence-corrected chi connectivity index (χ4v) is 3.93. The van der Waals surface area contributed by atoms with Gasteiger partial charge in [-0.2, -0.15) is 0 Å². The van der Waals surface area contributed by atoms with Crippen LogP contribution in [0.4, 0.5) is 0 Å². The monoisotopic (exact) mass is 383 g/mol. The topological polar surface area (TPSA) is 46.6 Å². The molecule has 0 aliphatic carbocycles. The maximum absolute atomic E-state index is 12.9. The molecule has 27 heavy (non-hydrogen) atoms. The molecule has 1 aliphatic rings. The van der Waals surface area contributed by atoms with Gasteiger partial charge in [-0.3, -0.25) is 9.69 Å². The number of rotatable bonds is 6. The molecule has 0 amide bonds. The van der Waals surface area contributed by atoms with Crippen molar-refractivity contribution in [1.82, 2.24) is 4.90 Å². The minimum atomic E-state index is -0.322. The first-order chi connectivity index (χ1) is 13.1. The third-order valence-corrected chi connectivity index (χ3v) is 5.78. The lowest BCUT2D eigenvalue weighted by Gasteiger charge is -2.32. The van der Waals surface area contributed by atoms with E-state index < -0.39 is 0 Å². The molecule has 142 valence electrons. The molecular formula is C22H25NO3S. The molecule has 1 aliphatic heterocycles. The number of hydrogen-bond donors (Lipinski definition) is 0. The lowest BCUT2D eigenvalue weighted by atomic mass is 9.90.